The average Bonchev–Trinajstić information content (AvgIpc) is 2.67. The molecule has 1 aliphatic carbocycles. The molecule has 30 heavy (non-hydrogen) atoms. The molecular formula is C21H17BrClNO6. The smallest absolute Gasteiger partial charge is 0.306 e. The number of carboxylic acids is 1. The summed E-state index contributed by atoms with van der Waals surface area (Å²) >= 11 is 9.55. The zero-order chi connectivity index (χ0) is 21.3. The Hall–Kier alpha value is -2.42. The molecule has 7 nitrogen and oxygen atoms in total. The summed E-state index contributed by atoms with van der Waals surface area (Å²) in [6.45, 7) is 0.536. The number of aromatic nitrogens is 1. The Morgan fingerprint density at radius 3 is 2.87 bits per heavy atom. The molecule has 3 aromatic rings. The molecule has 2 heterocycles. The van der Waals surface area contributed by atoms with Gasteiger partial charge in [-0.25, -0.2) is 4.98 Å². The van der Waals surface area contributed by atoms with Crippen molar-refractivity contribution >= 4 is 44.5 Å². The van der Waals surface area contributed by atoms with Crippen molar-refractivity contribution in [1.29, 1.82) is 0 Å². The second-order valence-electron chi connectivity index (χ2n) is 6.94. The highest BCUT2D eigenvalue weighted by Gasteiger charge is 2.35. The third kappa shape index (κ3) is 4.35. The number of carboxylic acid groups (broad SMARTS) is 1. The Kier molecular flexibility index (Phi) is 6.08. The fraction of sp³-hybridized carbons (Fsp3) is 0.286. The number of nitrogens with zero attached hydrogens (tertiary/aromatic N) is 1. The van der Waals surface area contributed by atoms with Gasteiger partial charge < -0.3 is 19.0 Å². The summed E-state index contributed by atoms with van der Waals surface area (Å²) in [5.74, 6) is -0.445. The van der Waals surface area contributed by atoms with E-state index in [1.165, 1.54) is 6.07 Å². The Morgan fingerprint density at radius 2 is 2.10 bits per heavy atom. The van der Waals surface area contributed by atoms with Gasteiger partial charge in [0.25, 0.3) is 0 Å². The largest absolute Gasteiger partial charge is 0.489 e. The first-order valence-corrected chi connectivity index (χ1v) is 10.4. The SMILES string of the molecule is O=C(O)C1CC(OCCOc2cc(Br)cnc2-c2cc(=O)c3cccc(Cl)c3o2)C1. The van der Waals surface area contributed by atoms with Crippen LogP contribution in [0.3, 0.4) is 0 Å². The predicted molar refractivity (Wildman–Crippen MR) is 114 cm³/mol. The lowest BCUT2D eigenvalue weighted by Gasteiger charge is -2.32. The standard InChI is InChI=1S/C21H17BrClNO6/c22-12-8-17(29-5-4-28-13-6-11(7-13)21(26)27)19(24-10-12)18-9-16(25)14-2-1-3-15(23)20(14)30-18/h1-3,8-11,13H,4-7H2,(H,26,27). The van der Waals surface area contributed by atoms with Crippen molar-refractivity contribution < 1.29 is 23.8 Å². The minimum absolute atomic E-state index is 0.0598. The van der Waals surface area contributed by atoms with Gasteiger partial charge in [-0.2, -0.15) is 0 Å². The number of ether oxygens (including phenoxy) is 2. The van der Waals surface area contributed by atoms with Crippen molar-refractivity contribution in [3.8, 4) is 17.2 Å². The molecule has 0 aliphatic heterocycles. The molecule has 0 unspecified atom stereocenters. The van der Waals surface area contributed by atoms with Gasteiger partial charge in [0, 0.05) is 16.7 Å². The molecule has 0 saturated heterocycles. The van der Waals surface area contributed by atoms with Crippen LogP contribution >= 0.6 is 27.5 Å². The molecule has 1 aromatic carbocycles. The number of hydrogen-bond donors (Lipinski definition) is 1. The summed E-state index contributed by atoms with van der Waals surface area (Å²) in [7, 11) is 0. The van der Waals surface area contributed by atoms with Gasteiger partial charge in [-0.05, 0) is 47.0 Å². The number of aliphatic carboxylic acids is 1. The highest BCUT2D eigenvalue weighted by molar-refractivity contribution is 9.10. The first-order chi connectivity index (χ1) is 14.4. The van der Waals surface area contributed by atoms with Gasteiger partial charge in [-0.3, -0.25) is 9.59 Å². The van der Waals surface area contributed by atoms with Gasteiger partial charge in [-0.1, -0.05) is 17.7 Å². The van der Waals surface area contributed by atoms with Gasteiger partial charge in [0.05, 0.1) is 29.0 Å². The van der Waals surface area contributed by atoms with E-state index in [0.717, 1.165) is 0 Å². The maximum Gasteiger partial charge on any atom is 0.306 e. The van der Waals surface area contributed by atoms with Crippen LogP contribution in [0, 0.1) is 5.92 Å². The van der Waals surface area contributed by atoms with E-state index in [0.29, 0.717) is 51.4 Å². The van der Waals surface area contributed by atoms with E-state index in [9.17, 15) is 9.59 Å². The van der Waals surface area contributed by atoms with Crippen LogP contribution in [-0.2, 0) is 9.53 Å². The summed E-state index contributed by atoms with van der Waals surface area (Å²) in [5, 5.41) is 9.63. The molecular weight excluding hydrogens is 478 g/mol. The number of hydrogen-bond acceptors (Lipinski definition) is 6. The Balaban J connectivity index is 1.50. The van der Waals surface area contributed by atoms with Crippen LogP contribution in [-0.4, -0.2) is 35.4 Å². The molecule has 0 bridgehead atoms. The number of halogens is 2. The van der Waals surface area contributed by atoms with Gasteiger partial charge >= 0.3 is 5.97 Å². The molecule has 9 heteroatoms. The van der Waals surface area contributed by atoms with E-state index in [2.05, 4.69) is 20.9 Å². The highest BCUT2D eigenvalue weighted by atomic mass is 79.9. The second-order valence-corrected chi connectivity index (χ2v) is 8.26. The number of pyridine rings is 1. The number of rotatable bonds is 7. The predicted octanol–water partition coefficient (Wildman–Crippen LogP) is 4.53. The number of carbonyl (C=O) groups is 1. The fourth-order valence-electron chi connectivity index (χ4n) is 3.25. The van der Waals surface area contributed by atoms with Crippen LogP contribution in [0.4, 0.5) is 0 Å². The molecule has 1 fully saturated rings. The number of para-hydroxylation sites is 1. The molecule has 4 rings (SSSR count). The molecule has 0 spiro atoms. The first-order valence-electron chi connectivity index (χ1n) is 9.28. The topological polar surface area (TPSA) is 98.9 Å². The van der Waals surface area contributed by atoms with Crippen molar-refractivity contribution in [3.05, 3.63) is 56.2 Å². The van der Waals surface area contributed by atoms with Gasteiger partial charge in [0.1, 0.15) is 18.1 Å². The third-order valence-electron chi connectivity index (χ3n) is 4.90. The van der Waals surface area contributed by atoms with Crippen LogP contribution < -0.4 is 10.2 Å². The zero-order valence-corrected chi connectivity index (χ0v) is 18.0. The van der Waals surface area contributed by atoms with Gasteiger partial charge in [0.15, 0.2) is 16.8 Å². The van der Waals surface area contributed by atoms with Gasteiger partial charge in [0.2, 0.25) is 0 Å². The van der Waals surface area contributed by atoms with E-state index < -0.39 is 5.97 Å². The summed E-state index contributed by atoms with van der Waals surface area (Å²) in [6.07, 6.45) is 2.55. The lowest BCUT2D eigenvalue weighted by molar-refractivity contribution is -0.151. The molecule has 1 N–H and O–H groups in total. The van der Waals surface area contributed by atoms with Crippen molar-refractivity contribution in [2.75, 3.05) is 13.2 Å². The summed E-state index contributed by atoms with van der Waals surface area (Å²) in [5.41, 5.74) is 0.427. The molecule has 0 amide bonds. The van der Waals surface area contributed by atoms with Crippen molar-refractivity contribution in [2.24, 2.45) is 5.92 Å². The number of benzene rings is 1. The Labute approximate surface area is 184 Å². The van der Waals surface area contributed by atoms with Crippen LogP contribution in [0.15, 0.2) is 50.2 Å². The van der Waals surface area contributed by atoms with E-state index in [1.807, 2.05) is 0 Å². The normalized spacial score (nSPS) is 18.2. The molecule has 2 aromatic heterocycles. The van der Waals surface area contributed by atoms with Crippen molar-refractivity contribution in [1.82, 2.24) is 4.98 Å². The van der Waals surface area contributed by atoms with Crippen molar-refractivity contribution in [2.45, 2.75) is 18.9 Å². The minimum Gasteiger partial charge on any atom is -0.489 e. The zero-order valence-electron chi connectivity index (χ0n) is 15.6. The summed E-state index contributed by atoms with van der Waals surface area (Å²) in [4.78, 5) is 27.7. The van der Waals surface area contributed by atoms with E-state index >= 15 is 0 Å². The van der Waals surface area contributed by atoms with Crippen molar-refractivity contribution in [3.63, 3.8) is 0 Å². The Bertz CT molecular complexity index is 1160. The highest BCUT2D eigenvalue weighted by Crippen LogP contribution is 2.33. The lowest BCUT2D eigenvalue weighted by atomic mass is 9.82. The number of fused-ring (bicyclic) bond motifs is 1. The molecule has 1 aliphatic rings. The minimum atomic E-state index is -0.784. The quantitative estimate of drug-likeness (QED) is 0.482. The summed E-state index contributed by atoms with van der Waals surface area (Å²) in [6, 6.07) is 8.07. The van der Waals surface area contributed by atoms with E-state index in [-0.39, 0.29) is 29.8 Å². The van der Waals surface area contributed by atoms with Gasteiger partial charge in [-0.15, -0.1) is 0 Å². The maximum atomic E-state index is 12.5. The van der Waals surface area contributed by atoms with E-state index in [1.54, 1.807) is 30.5 Å². The molecule has 156 valence electrons. The van der Waals surface area contributed by atoms with Crippen LogP contribution in [0.25, 0.3) is 22.4 Å². The molecule has 0 radical (unpaired) electrons. The third-order valence-corrected chi connectivity index (χ3v) is 5.63. The van der Waals surface area contributed by atoms with Crippen LogP contribution in [0.2, 0.25) is 5.02 Å². The molecule has 1 saturated carbocycles. The first kappa shape index (κ1) is 20.8. The summed E-state index contributed by atoms with van der Waals surface area (Å²) < 4.78 is 18.0. The second kappa shape index (κ2) is 8.75. The van der Waals surface area contributed by atoms with E-state index in [4.69, 9.17) is 30.6 Å². The monoisotopic (exact) mass is 493 g/mol. The van der Waals surface area contributed by atoms with Crippen LogP contribution in [0.5, 0.6) is 5.75 Å². The Morgan fingerprint density at radius 1 is 1.30 bits per heavy atom. The maximum absolute atomic E-state index is 12.5. The average molecular weight is 495 g/mol. The van der Waals surface area contributed by atoms with Crippen LogP contribution in [0.1, 0.15) is 12.8 Å². The molecule has 0 atom stereocenters. The lowest BCUT2D eigenvalue weighted by Crippen LogP contribution is -2.37. The fourth-order valence-corrected chi connectivity index (χ4v) is 3.77.